The summed E-state index contributed by atoms with van der Waals surface area (Å²) in [7, 11) is 0. The van der Waals surface area contributed by atoms with Crippen molar-refractivity contribution < 1.29 is 4.79 Å². The third-order valence-electron chi connectivity index (χ3n) is 3.61. The first-order valence-corrected chi connectivity index (χ1v) is 6.73. The largest absolute Gasteiger partial charge is 0.350 e. The summed E-state index contributed by atoms with van der Waals surface area (Å²) in [4.78, 5) is 21.9. The van der Waals surface area contributed by atoms with Gasteiger partial charge in [-0.25, -0.2) is 9.97 Å². The molecule has 0 amide bonds. The molecule has 4 nitrogen and oxygen atoms in total. The van der Waals surface area contributed by atoms with Crippen LogP contribution in [0, 0.1) is 6.92 Å². The lowest BCUT2D eigenvalue weighted by atomic mass is 10.1. The Kier molecular flexibility index (Phi) is 3.85. The van der Waals surface area contributed by atoms with Gasteiger partial charge in [-0.1, -0.05) is 18.5 Å². The van der Waals surface area contributed by atoms with Crippen molar-refractivity contribution in [1.82, 2.24) is 9.97 Å². The Balaban J connectivity index is 2.52. The van der Waals surface area contributed by atoms with Crippen molar-refractivity contribution in [2.75, 3.05) is 4.90 Å². The Morgan fingerprint density at radius 2 is 2.17 bits per heavy atom. The summed E-state index contributed by atoms with van der Waals surface area (Å²) in [5.74, 6) is 1.30. The predicted molar refractivity (Wildman–Crippen MR) is 72.4 cm³/mol. The molecule has 1 aromatic rings. The molecule has 0 bridgehead atoms. The molecule has 2 atom stereocenters. The fraction of sp³-hybridized carbons (Fsp3) is 0.615. The summed E-state index contributed by atoms with van der Waals surface area (Å²) in [6.45, 7) is 6.12. The maximum atomic E-state index is 11.2. The second kappa shape index (κ2) is 5.22. The van der Waals surface area contributed by atoms with Gasteiger partial charge in [0.05, 0.1) is 5.56 Å². The molecule has 98 valence electrons. The van der Waals surface area contributed by atoms with Crippen LogP contribution in [-0.2, 0) is 0 Å². The monoisotopic (exact) mass is 267 g/mol. The lowest BCUT2D eigenvalue weighted by Crippen LogP contribution is -2.36. The Morgan fingerprint density at radius 3 is 2.78 bits per heavy atom. The molecule has 1 fully saturated rings. The minimum Gasteiger partial charge on any atom is -0.350 e. The Morgan fingerprint density at radius 1 is 1.44 bits per heavy atom. The van der Waals surface area contributed by atoms with Crippen molar-refractivity contribution in [3.8, 4) is 0 Å². The summed E-state index contributed by atoms with van der Waals surface area (Å²) in [6.07, 6.45) is 4.06. The molecule has 0 N–H and O–H groups in total. The van der Waals surface area contributed by atoms with Gasteiger partial charge < -0.3 is 4.90 Å². The van der Waals surface area contributed by atoms with Gasteiger partial charge in [0.2, 0.25) is 0 Å². The van der Waals surface area contributed by atoms with Crippen LogP contribution in [0.2, 0.25) is 5.15 Å². The number of aromatic nitrogens is 2. The van der Waals surface area contributed by atoms with E-state index in [1.807, 2.05) is 0 Å². The lowest BCUT2D eigenvalue weighted by Gasteiger charge is -2.30. The van der Waals surface area contributed by atoms with E-state index in [0.717, 1.165) is 25.5 Å². The minimum absolute atomic E-state index is 0.251. The van der Waals surface area contributed by atoms with Crippen LogP contribution >= 0.6 is 11.6 Å². The van der Waals surface area contributed by atoms with Crippen LogP contribution < -0.4 is 4.90 Å². The van der Waals surface area contributed by atoms with Crippen LogP contribution in [-0.4, -0.2) is 28.3 Å². The van der Waals surface area contributed by atoms with Gasteiger partial charge in [0, 0.05) is 12.1 Å². The normalized spacial score (nSPS) is 23.4. The number of rotatable bonds is 3. The third kappa shape index (κ3) is 2.21. The highest BCUT2D eigenvalue weighted by Crippen LogP contribution is 2.34. The van der Waals surface area contributed by atoms with E-state index in [9.17, 15) is 4.79 Å². The van der Waals surface area contributed by atoms with Crippen molar-refractivity contribution in [2.45, 2.75) is 52.1 Å². The molecule has 0 radical (unpaired) electrons. The average Bonchev–Trinajstić information content (AvgIpc) is 2.69. The number of halogens is 1. The van der Waals surface area contributed by atoms with E-state index >= 15 is 0 Å². The van der Waals surface area contributed by atoms with Gasteiger partial charge in [-0.3, -0.25) is 4.79 Å². The second-order valence-corrected chi connectivity index (χ2v) is 5.17. The minimum atomic E-state index is 0.251. The van der Waals surface area contributed by atoms with E-state index in [4.69, 9.17) is 11.6 Å². The Bertz CT molecular complexity index is 464. The molecule has 1 aromatic heterocycles. The number of aryl methyl sites for hydroxylation is 1. The number of anilines is 1. The van der Waals surface area contributed by atoms with Gasteiger partial charge in [0.15, 0.2) is 6.29 Å². The Labute approximate surface area is 112 Å². The summed E-state index contributed by atoms with van der Waals surface area (Å²) in [5.41, 5.74) is 0.412. The fourth-order valence-corrected chi connectivity index (χ4v) is 2.94. The van der Waals surface area contributed by atoms with Crippen LogP contribution in [0.5, 0.6) is 0 Å². The number of carbonyl (C=O) groups excluding carboxylic acids is 1. The van der Waals surface area contributed by atoms with E-state index in [0.29, 0.717) is 29.3 Å². The topological polar surface area (TPSA) is 46.1 Å². The summed E-state index contributed by atoms with van der Waals surface area (Å²) in [6, 6.07) is 0.822. The van der Waals surface area contributed by atoms with Gasteiger partial charge in [0.25, 0.3) is 0 Å². The molecule has 0 saturated carbocycles. The van der Waals surface area contributed by atoms with Gasteiger partial charge in [-0.2, -0.15) is 0 Å². The lowest BCUT2D eigenvalue weighted by molar-refractivity contribution is 0.112. The van der Waals surface area contributed by atoms with E-state index in [1.54, 1.807) is 6.92 Å². The number of aldehydes is 1. The van der Waals surface area contributed by atoms with Gasteiger partial charge in [0.1, 0.15) is 16.8 Å². The van der Waals surface area contributed by atoms with Crippen molar-refractivity contribution in [2.24, 2.45) is 0 Å². The van der Waals surface area contributed by atoms with Crippen molar-refractivity contribution in [3.05, 3.63) is 16.5 Å². The predicted octanol–water partition coefficient (Wildman–Crippen LogP) is 3.02. The van der Waals surface area contributed by atoms with Crippen LogP contribution in [0.1, 0.15) is 49.3 Å². The summed E-state index contributed by atoms with van der Waals surface area (Å²) < 4.78 is 0. The van der Waals surface area contributed by atoms with Gasteiger partial charge >= 0.3 is 0 Å². The molecule has 0 aromatic carbocycles. The van der Waals surface area contributed by atoms with Gasteiger partial charge in [-0.15, -0.1) is 0 Å². The van der Waals surface area contributed by atoms with Crippen molar-refractivity contribution >= 4 is 23.7 Å². The highest BCUT2D eigenvalue weighted by Gasteiger charge is 2.32. The van der Waals surface area contributed by atoms with Crippen LogP contribution in [0.3, 0.4) is 0 Å². The van der Waals surface area contributed by atoms with Crippen molar-refractivity contribution in [3.63, 3.8) is 0 Å². The zero-order chi connectivity index (χ0) is 13.3. The number of hydrogen-bond donors (Lipinski definition) is 0. The zero-order valence-corrected chi connectivity index (χ0v) is 11.7. The molecule has 2 heterocycles. The third-order valence-corrected chi connectivity index (χ3v) is 3.90. The van der Waals surface area contributed by atoms with Crippen LogP contribution in [0.15, 0.2) is 0 Å². The molecular formula is C13H18ClN3O. The molecule has 2 rings (SSSR count). The Hall–Kier alpha value is -1.16. The van der Waals surface area contributed by atoms with E-state index in [2.05, 4.69) is 28.7 Å². The highest BCUT2D eigenvalue weighted by atomic mass is 35.5. The summed E-state index contributed by atoms with van der Waals surface area (Å²) >= 11 is 6.04. The first kappa shape index (κ1) is 13.3. The van der Waals surface area contributed by atoms with E-state index < -0.39 is 0 Å². The quantitative estimate of drug-likeness (QED) is 0.624. The van der Waals surface area contributed by atoms with E-state index in [-0.39, 0.29) is 5.15 Å². The van der Waals surface area contributed by atoms with E-state index in [1.165, 1.54) is 0 Å². The molecule has 0 spiro atoms. The van der Waals surface area contributed by atoms with Crippen molar-refractivity contribution in [1.29, 1.82) is 0 Å². The number of carbonyl (C=O) groups is 1. The molecule has 1 aliphatic rings. The molecule has 1 saturated heterocycles. The smallest absolute Gasteiger partial charge is 0.156 e. The fourth-order valence-electron chi connectivity index (χ4n) is 2.69. The highest BCUT2D eigenvalue weighted by molar-refractivity contribution is 6.32. The number of nitrogens with zero attached hydrogens (tertiary/aromatic N) is 3. The van der Waals surface area contributed by atoms with Crippen LogP contribution in [0.25, 0.3) is 0 Å². The van der Waals surface area contributed by atoms with Crippen LogP contribution in [0.4, 0.5) is 5.82 Å². The first-order valence-electron chi connectivity index (χ1n) is 6.36. The SMILES string of the molecule is CCC1CCC(C)N1c1nc(C)nc(Cl)c1C=O. The molecule has 0 aliphatic carbocycles. The number of hydrogen-bond acceptors (Lipinski definition) is 4. The average molecular weight is 268 g/mol. The van der Waals surface area contributed by atoms with Gasteiger partial charge in [-0.05, 0) is 33.1 Å². The maximum Gasteiger partial charge on any atom is 0.156 e. The molecule has 5 heteroatoms. The first-order chi connectivity index (χ1) is 8.58. The maximum absolute atomic E-state index is 11.2. The molecule has 18 heavy (non-hydrogen) atoms. The standard InChI is InChI=1S/C13H18ClN3O/c1-4-10-6-5-8(2)17(10)13-11(7-18)12(14)15-9(3)16-13/h7-8,10H,4-6H2,1-3H3. The molecule has 1 aliphatic heterocycles. The molecular weight excluding hydrogens is 250 g/mol. The second-order valence-electron chi connectivity index (χ2n) is 4.81. The molecule has 2 unspecified atom stereocenters. The summed E-state index contributed by atoms with van der Waals surface area (Å²) in [5, 5.41) is 0.251. The zero-order valence-electron chi connectivity index (χ0n) is 11.0.